The Balaban J connectivity index is 0.00000155. The van der Waals surface area contributed by atoms with Crippen LogP contribution in [0, 0.1) is 6.92 Å². The van der Waals surface area contributed by atoms with Gasteiger partial charge in [-0.2, -0.15) is 0 Å². The summed E-state index contributed by atoms with van der Waals surface area (Å²) in [6.07, 6.45) is 1.31. The van der Waals surface area contributed by atoms with Gasteiger partial charge in [0, 0.05) is 11.3 Å². The molecule has 1 unspecified atom stereocenters. The molecule has 1 atom stereocenters. The van der Waals surface area contributed by atoms with Gasteiger partial charge < -0.3 is 20.3 Å². The van der Waals surface area contributed by atoms with Gasteiger partial charge in [-0.25, -0.2) is 0 Å². The smallest absolute Gasteiger partial charge is 0.249 e. The fourth-order valence-electron chi connectivity index (χ4n) is 3.62. The molecule has 2 N–H and O–H groups in total. The maximum absolute atomic E-state index is 13.4. The number of nitrogens with one attached hydrogen (secondary N) is 2. The molecule has 2 amide bonds. The first-order chi connectivity index (χ1) is 14.5. The second-order valence-electron chi connectivity index (χ2n) is 7.06. The fraction of sp³-hybridized carbons (Fsp3) is 0.417. The van der Waals surface area contributed by atoms with Gasteiger partial charge in [0.2, 0.25) is 11.8 Å². The third-order valence-corrected chi connectivity index (χ3v) is 4.99. The Hall–Kier alpha value is -2.86. The standard InChI is InChI=1S/C22H27N3O3.C2H6/c1-15-8-11-20(28-3)17(12-15)14-25-19-7-5-4-6-16(19)9-10-18(22(25)27)24-21(26)13-23-2;1-2/h4-8,11-12,18,23H,9-10,13-14H2,1-3H3,(H,24,26);1-2H3. The number of rotatable bonds is 6. The number of amides is 2. The Kier molecular flexibility index (Phi) is 8.87. The molecular formula is C24H33N3O3. The molecule has 2 aromatic carbocycles. The van der Waals surface area contributed by atoms with Crippen LogP contribution in [-0.2, 0) is 22.6 Å². The van der Waals surface area contributed by atoms with Crippen molar-refractivity contribution in [1.29, 1.82) is 0 Å². The van der Waals surface area contributed by atoms with Crippen LogP contribution in [0.4, 0.5) is 5.69 Å². The van der Waals surface area contributed by atoms with E-state index in [-0.39, 0.29) is 18.4 Å². The molecule has 1 heterocycles. The van der Waals surface area contributed by atoms with Gasteiger partial charge in [-0.3, -0.25) is 9.59 Å². The summed E-state index contributed by atoms with van der Waals surface area (Å²) in [5, 5.41) is 5.70. The van der Waals surface area contributed by atoms with Crippen LogP contribution in [0.5, 0.6) is 5.75 Å². The van der Waals surface area contributed by atoms with E-state index in [1.807, 2.05) is 63.2 Å². The third-order valence-electron chi connectivity index (χ3n) is 4.99. The highest BCUT2D eigenvalue weighted by Gasteiger charge is 2.31. The summed E-state index contributed by atoms with van der Waals surface area (Å²) >= 11 is 0. The number of carbonyl (C=O) groups excluding carboxylic acids is 2. The molecule has 1 aliphatic heterocycles. The molecule has 162 valence electrons. The molecule has 30 heavy (non-hydrogen) atoms. The first-order valence-electron chi connectivity index (χ1n) is 10.5. The summed E-state index contributed by atoms with van der Waals surface area (Å²) in [6, 6.07) is 13.3. The minimum atomic E-state index is -0.552. The highest BCUT2D eigenvalue weighted by Crippen LogP contribution is 2.30. The molecule has 0 aromatic heterocycles. The van der Waals surface area contributed by atoms with Gasteiger partial charge in [0.15, 0.2) is 0 Å². The zero-order valence-electron chi connectivity index (χ0n) is 18.6. The predicted molar refractivity (Wildman–Crippen MR) is 121 cm³/mol. The van der Waals surface area contributed by atoms with Crippen LogP contribution in [0.25, 0.3) is 0 Å². The molecule has 3 rings (SSSR count). The van der Waals surface area contributed by atoms with E-state index in [1.54, 1.807) is 19.1 Å². The van der Waals surface area contributed by atoms with Crippen LogP contribution in [0.15, 0.2) is 42.5 Å². The van der Waals surface area contributed by atoms with Crippen LogP contribution in [0.1, 0.15) is 37.0 Å². The number of likely N-dealkylation sites (N-methyl/N-ethyl adjacent to an activating group) is 1. The number of para-hydroxylation sites is 1. The van der Waals surface area contributed by atoms with Gasteiger partial charge in [0.1, 0.15) is 11.8 Å². The first-order valence-corrected chi connectivity index (χ1v) is 10.5. The van der Waals surface area contributed by atoms with Gasteiger partial charge in [0.05, 0.1) is 20.2 Å². The van der Waals surface area contributed by atoms with Crippen molar-refractivity contribution in [1.82, 2.24) is 10.6 Å². The molecule has 6 heteroatoms. The molecule has 0 saturated carbocycles. The summed E-state index contributed by atoms with van der Waals surface area (Å²) < 4.78 is 5.50. The molecule has 0 fully saturated rings. The van der Waals surface area contributed by atoms with Crippen molar-refractivity contribution < 1.29 is 14.3 Å². The molecular weight excluding hydrogens is 378 g/mol. The molecule has 1 aliphatic rings. The average Bonchev–Trinajstić information content (AvgIpc) is 2.88. The maximum Gasteiger partial charge on any atom is 0.249 e. The van der Waals surface area contributed by atoms with Gasteiger partial charge in [-0.15, -0.1) is 0 Å². The zero-order valence-corrected chi connectivity index (χ0v) is 18.6. The van der Waals surface area contributed by atoms with Gasteiger partial charge in [-0.05, 0) is 44.5 Å². The van der Waals surface area contributed by atoms with Crippen molar-refractivity contribution >= 4 is 17.5 Å². The number of fused-ring (bicyclic) bond motifs is 1. The fourth-order valence-corrected chi connectivity index (χ4v) is 3.62. The number of benzene rings is 2. The predicted octanol–water partition coefficient (Wildman–Crippen LogP) is 3.21. The van der Waals surface area contributed by atoms with E-state index >= 15 is 0 Å². The number of hydrogen-bond donors (Lipinski definition) is 2. The van der Waals surface area contributed by atoms with E-state index < -0.39 is 6.04 Å². The van der Waals surface area contributed by atoms with Crippen molar-refractivity contribution in [3.05, 3.63) is 59.2 Å². The van der Waals surface area contributed by atoms with E-state index in [0.717, 1.165) is 34.5 Å². The second kappa shape index (κ2) is 11.4. The monoisotopic (exact) mass is 411 g/mol. The molecule has 0 aliphatic carbocycles. The normalized spacial score (nSPS) is 15.4. The Morgan fingerprint density at radius 3 is 2.63 bits per heavy atom. The average molecular weight is 412 g/mol. The Labute approximate surface area is 179 Å². The number of nitrogens with zero attached hydrogens (tertiary/aromatic N) is 1. The van der Waals surface area contributed by atoms with Gasteiger partial charge in [-0.1, -0.05) is 49.7 Å². The minimum absolute atomic E-state index is 0.0991. The van der Waals surface area contributed by atoms with E-state index in [1.165, 1.54) is 0 Å². The second-order valence-corrected chi connectivity index (χ2v) is 7.06. The van der Waals surface area contributed by atoms with Crippen LogP contribution in [-0.4, -0.2) is 38.6 Å². The van der Waals surface area contributed by atoms with Crippen molar-refractivity contribution in [3.8, 4) is 5.75 Å². The number of methoxy groups -OCH3 is 1. The van der Waals surface area contributed by atoms with Crippen LogP contribution in [0.3, 0.4) is 0 Å². The summed E-state index contributed by atoms with van der Waals surface area (Å²) in [6.45, 7) is 6.59. The number of aryl methyl sites for hydroxylation is 2. The lowest BCUT2D eigenvalue weighted by atomic mass is 10.1. The number of ether oxygens (including phenoxy) is 1. The summed E-state index contributed by atoms with van der Waals surface area (Å²) in [4.78, 5) is 27.2. The lowest BCUT2D eigenvalue weighted by Crippen LogP contribution is -2.49. The van der Waals surface area contributed by atoms with Gasteiger partial charge in [0.25, 0.3) is 0 Å². The number of hydrogen-bond acceptors (Lipinski definition) is 4. The summed E-state index contributed by atoms with van der Waals surface area (Å²) in [7, 11) is 3.34. The van der Waals surface area contributed by atoms with Crippen molar-refractivity contribution in [3.63, 3.8) is 0 Å². The van der Waals surface area contributed by atoms with Crippen molar-refractivity contribution in [2.45, 2.75) is 46.2 Å². The molecule has 0 bridgehead atoms. The lowest BCUT2D eigenvalue weighted by molar-refractivity contribution is -0.127. The molecule has 6 nitrogen and oxygen atoms in total. The molecule has 0 spiro atoms. The molecule has 2 aromatic rings. The SMILES string of the molecule is CC.CNCC(=O)NC1CCc2ccccc2N(Cc2cc(C)ccc2OC)C1=O. The van der Waals surface area contributed by atoms with Crippen molar-refractivity contribution in [2.75, 3.05) is 25.6 Å². The largest absolute Gasteiger partial charge is 0.496 e. The number of anilines is 1. The third kappa shape index (κ3) is 5.60. The van der Waals surface area contributed by atoms with E-state index in [4.69, 9.17) is 4.74 Å². The van der Waals surface area contributed by atoms with E-state index in [0.29, 0.717) is 13.0 Å². The summed E-state index contributed by atoms with van der Waals surface area (Å²) in [5.41, 5.74) is 4.03. The quantitative estimate of drug-likeness (QED) is 0.766. The Bertz CT molecular complexity index is 867. The first kappa shape index (κ1) is 23.4. The Morgan fingerprint density at radius 1 is 1.20 bits per heavy atom. The molecule has 0 radical (unpaired) electrons. The van der Waals surface area contributed by atoms with Crippen LogP contribution < -0.4 is 20.3 Å². The minimum Gasteiger partial charge on any atom is -0.496 e. The highest BCUT2D eigenvalue weighted by atomic mass is 16.5. The van der Waals surface area contributed by atoms with E-state index in [9.17, 15) is 9.59 Å². The zero-order chi connectivity index (χ0) is 22.1. The topological polar surface area (TPSA) is 70.7 Å². The van der Waals surface area contributed by atoms with E-state index in [2.05, 4.69) is 10.6 Å². The maximum atomic E-state index is 13.4. The summed E-state index contributed by atoms with van der Waals surface area (Å²) in [5.74, 6) is 0.466. The van der Waals surface area contributed by atoms with Crippen LogP contribution >= 0.6 is 0 Å². The Morgan fingerprint density at radius 2 is 1.93 bits per heavy atom. The highest BCUT2D eigenvalue weighted by molar-refractivity contribution is 6.00. The van der Waals surface area contributed by atoms with Crippen LogP contribution in [0.2, 0.25) is 0 Å². The number of carbonyl (C=O) groups is 2. The van der Waals surface area contributed by atoms with Gasteiger partial charge >= 0.3 is 0 Å². The lowest BCUT2D eigenvalue weighted by Gasteiger charge is -2.27. The molecule has 0 saturated heterocycles. The van der Waals surface area contributed by atoms with Crippen molar-refractivity contribution in [2.24, 2.45) is 0 Å².